The molecule has 3 aromatic rings. The van der Waals surface area contributed by atoms with Crippen molar-refractivity contribution in [2.24, 2.45) is 0 Å². The molecule has 0 spiro atoms. The third kappa shape index (κ3) is 6.28. The molecule has 0 unspecified atom stereocenters. The lowest BCUT2D eigenvalue weighted by atomic mass is 10.3. The minimum Gasteiger partial charge on any atom is -0.326 e. The lowest BCUT2D eigenvalue weighted by Gasteiger charge is -2.32. The van der Waals surface area contributed by atoms with Gasteiger partial charge < -0.3 is 15.1 Å². The van der Waals surface area contributed by atoms with Crippen LogP contribution in [0.5, 0.6) is 0 Å². The number of carbonyl (C=O) groups is 2. The maximum Gasteiger partial charge on any atom is 0.323 e. The van der Waals surface area contributed by atoms with Gasteiger partial charge in [-0.25, -0.2) is 23.2 Å². The van der Waals surface area contributed by atoms with Gasteiger partial charge in [-0.3, -0.25) is 14.8 Å². The van der Waals surface area contributed by atoms with Crippen LogP contribution in [0.3, 0.4) is 0 Å². The maximum atomic E-state index is 12.4. The summed E-state index contributed by atoms with van der Waals surface area (Å²) in [5.41, 5.74) is 0.986. The summed E-state index contributed by atoms with van der Waals surface area (Å²) in [4.78, 5) is 37.0. The van der Waals surface area contributed by atoms with Crippen LogP contribution in [0, 0.1) is 0 Å². The number of hydrogen-bond donors (Lipinski definition) is 3. The number of thiazole rings is 2. The lowest BCUT2D eigenvalue weighted by Crippen LogP contribution is -2.48. The first-order chi connectivity index (χ1) is 16.3. The summed E-state index contributed by atoms with van der Waals surface area (Å²) in [6.45, 7) is 2.96. The number of sulfonamides is 1. The Labute approximate surface area is 204 Å². The van der Waals surface area contributed by atoms with E-state index in [1.807, 2.05) is 7.05 Å². The number of urea groups is 1. The minimum atomic E-state index is -3.76. The van der Waals surface area contributed by atoms with E-state index in [1.165, 1.54) is 53.1 Å². The number of aromatic nitrogens is 2. The topological polar surface area (TPSA) is 137 Å². The number of hydrogen-bond acceptors (Lipinski definition) is 9. The van der Waals surface area contributed by atoms with Crippen molar-refractivity contribution in [3.05, 3.63) is 46.9 Å². The molecule has 4 rings (SSSR count). The molecule has 0 bridgehead atoms. The van der Waals surface area contributed by atoms with Crippen molar-refractivity contribution >= 4 is 60.6 Å². The molecular formula is C20H23N7O4S3. The molecule has 3 N–H and O–H groups in total. The van der Waals surface area contributed by atoms with E-state index in [1.54, 1.807) is 15.7 Å². The number of piperazine rings is 1. The van der Waals surface area contributed by atoms with Gasteiger partial charge in [0.2, 0.25) is 5.91 Å². The average Bonchev–Trinajstić information content (AvgIpc) is 3.46. The number of anilines is 3. The predicted molar refractivity (Wildman–Crippen MR) is 132 cm³/mol. The molecule has 180 valence electrons. The van der Waals surface area contributed by atoms with Crippen LogP contribution in [0.4, 0.5) is 20.7 Å². The smallest absolute Gasteiger partial charge is 0.323 e. The highest BCUT2D eigenvalue weighted by molar-refractivity contribution is 7.93. The number of rotatable bonds is 7. The summed E-state index contributed by atoms with van der Waals surface area (Å²) in [6.07, 6.45) is 1.53. The maximum absolute atomic E-state index is 12.4. The van der Waals surface area contributed by atoms with Gasteiger partial charge in [-0.1, -0.05) is 0 Å². The van der Waals surface area contributed by atoms with E-state index in [0.717, 1.165) is 13.1 Å². The van der Waals surface area contributed by atoms with Crippen LogP contribution in [0.15, 0.2) is 46.1 Å². The molecule has 0 radical (unpaired) electrons. The molecule has 14 heteroatoms. The summed E-state index contributed by atoms with van der Waals surface area (Å²) >= 11 is 2.44. The Morgan fingerprint density at radius 1 is 1.03 bits per heavy atom. The third-order valence-corrected chi connectivity index (χ3v) is 7.98. The normalized spacial score (nSPS) is 14.6. The van der Waals surface area contributed by atoms with E-state index < -0.39 is 10.0 Å². The van der Waals surface area contributed by atoms with Crippen molar-refractivity contribution in [2.45, 2.75) is 11.3 Å². The fraction of sp³-hybridized carbons (Fsp3) is 0.300. The van der Waals surface area contributed by atoms with Gasteiger partial charge >= 0.3 is 6.03 Å². The number of amides is 3. The van der Waals surface area contributed by atoms with Gasteiger partial charge in [0.25, 0.3) is 10.0 Å². The number of nitrogens with zero attached hydrogens (tertiary/aromatic N) is 4. The molecular weight excluding hydrogens is 498 g/mol. The van der Waals surface area contributed by atoms with Crippen LogP contribution in [0.1, 0.15) is 5.69 Å². The molecule has 1 saturated heterocycles. The molecule has 1 fully saturated rings. The molecule has 3 heterocycles. The van der Waals surface area contributed by atoms with Gasteiger partial charge in [0.1, 0.15) is 0 Å². The van der Waals surface area contributed by atoms with E-state index in [4.69, 9.17) is 0 Å². The number of benzene rings is 1. The molecule has 11 nitrogen and oxygen atoms in total. The molecule has 2 aromatic heterocycles. The van der Waals surface area contributed by atoms with Crippen LogP contribution in [-0.2, 0) is 21.2 Å². The molecule has 0 saturated carbocycles. The molecule has 0 atom stereocenters. The largest absolute Gasteiger partial charge is 0.326 e. The second-order valence-corrected chi connectivity index (χ2v) is 11.0. The Hall–Kier alpha value is -3.07. The van der Waals surface area contributed by atoms with Crippen LogP contribution >= 0.6 is 22.7 Å². The second kappa shape index (κ2) is 10.5. The van der Waals surface area contributed by atoms with Crippen molar-refractivity contribution < 1.29 is 18.0 Å². The first-order valence-electron chi connectivity index (χ1n) is 10.3. The molecule has 1 aliphatic heterocycles. The van der Waals surface area contributed by atoms with Gasteiger partial charge in [-0.2, -0.15) is 0 Å². The van der Waals surface area contributed by atoms with Crippen molar-refractivity contribution in [3.8, 4) is 0 Å². The van der Waals surface area contributed by atoms with Crippen molar-refractivity contribution in [1.82, 2.24) is 19.8 Å². The monoisotopic (exact) mass is 521 g/mol. The minimum absolute atomic E-state index is 0.0204. The number of nitrogens with one attached hydrogen (secondary N) is 3. The fourth-order valence-corrected chi connectivity index (χ4v) is 5.65. The summed E-state index contributed by atoms with van der Waals surface area (Å²) in [6, 6.07) is 5.63. The average molecular weight is 522 g/mol. The summed E-state index contributed by atoms with van der Waals surface area (Å²) < 4.78 is 27.2. The summed E-state index contributed by atoms with van der Waals surface area (Å²) in [5, 5.41) is 9.61. The molecule has 0 aliphatic carbocycles. The third-order valence-electron chi connectivity index (χ3n) is 5.00. The van der Waals surface area contributed by atoms with E-state index >= 15 is 0 Å². The first-order valence-corrected chi connectivity index (χ1v) is 13.5. The molecule has 1 aromatic carbocycles. The van der Waals surface area contributed by atoms with Crippen LogP contribution in [0.2, 0.25) is 0 Å². The SMILES string of the molecule is CN1CCN(C(=O)Nc2nc(CC(=O)Nc3ccc(S(=O)(=O)Nc4nccs4)cc3)cs2)CC1. The zero-order valence-corrected chi connectivity index (χ0v) is 20.7. The van der Waals surface area contributed by atoms with Crippen LogP contribution in [-0.4, -0.2) is 73.4 Å². The Bertz CT molecular complexity index is 1240. The van der Waals surface area contributed by atoms with Crippen LogP contribution < -0.4 is 15.4 Å². The Morgan fingerprint density at radius 2 is 1.76 bits per heavy atom. The van der Waals surface area contributed by atoms with Crippen molar-refractivity contribution in [3.63, 3.8) is 0 Å². The number of likely N-dealkylation sites (N-methyl/N-ethyl adjacent to an activating group) is 1. The van der Waals surface area contributed by atoms with Gasteiger partial charge in [-0.05, 0) is 31.3 Å². The quantitative estimate of drug-likeness (QED) is 0.434. The highest BCUT2D eigenvalue weighted by Gasteiger charge is 2.20. The van der Waals surface area contributed by atoms with Crippen molar-refractivity contribution in [2.75, 3.05) is 48.6 Å². The van der Waals surface area contributed by atoms with Gasteiger partial charge in [0.05, 0.1) is 17.0 Å². The first kappa shape index (κ1) is 24.1. The summed E-state index contributed by atoms with van der Waals surface area (Å²) in [5.74, 6) is -0.307. The second-order valence-electron chi connectivity index (χ2n) is 7.56. The Morgan fingerprint density at radius 3 is 2.44 bits per heavy atom. The van der Waals surface area contributed by atoms with E-state index in [9.17, 15) is 18.0 Å². The zero-order valence-electron chi connectivity index (χ0n) is 18.2. The van der Waals surface area contributed by atoms with Gasteiger partial charge in [-0.15, -0.1) is 22.7 Å². The highest BCUT2D eigenvalue weighted by atomic mass is 32.2. The molecule has 3 amide bonds. The van der Waals surface area contributed by atoms with E-state index in [0.29, 0.717) is 29.6 Å². The summed E-state index contributed by atoms with van der Waals surface area (Å²) in [7, 11) is -1.74. The Kier molecular flexibility index (Phi) is 7.41. The van der Waals surface area contributed by atoms with Crippen LogP contribution in [0.25, 0.3) is 0 Å². The van der Waals surface area contributed by atoms with E-state index in [-0.39, 0.29) is 28.4 Å². The fourth-order valence-electron chi connectivity index (χ4n) is 3.16. The highest BCUT2D eigenvalue weighted by Crippen LogP contribution is 2.20. The lowest BCUT2D eigenvalue weighted by molar-refractivity contribution is -0.115. The standard InChI is InChI=1S/C20H23N7O4S3/c1-26-7-9-27(10-8-26)20(29)24-19-23-15(13-33-19)12-17(28)22-14-2-4-16(5-3-14)34(30,31)25-18-21-6-11-32-18/h2-6,11,13H,7-10,12H2,1H3,(H,21,25)(H,22,28)(H,23,24,29). The zero-order chi connectivity index (χ0) is 24.1. The van der Waals surface area contributed by atoms with Gasteiger partial charge in [0, 0.05) is 48.8 Å². The molecule has 1 aliphatic rings. The van der Waals surface area contributed by atoms with Gasteiger partial charge in [0.15, 0.2) is 10.3 Å². The van der Waals surface area contributed by atoms with Crippen molar-refractivity contribution in [1.29, 1.82) is 0 Å². The number of carbonyl (C=O) groups excluding carboxylic acids is 2. The predicted octanol–water partition coefficient (Wildman–Crippen LogP) is 2.36. The Balaban J connectivity index is 1.28. The molecule has 34 heavy (non-hydrogen) atoms. The van der Waals surface area contributed by atoms with E-state index in [2.05, 4.69) is 30.2 Å².